The Morgan fingerprint density at radius 3 is 1.89 bits per heavy atom. The van der Waals surface area contributed by atoms with Gasteiger partial charge in [-0.15, -0.1) is 0 Å². The Kier molecular flexibility index (Phi) is 12.8. The van der Waals surface area contributed by atoms with Gasteiger partial charge in [0.1, 0.15) is 23.8 Å². The largest absolute Gasteiger partial charge is 0.414 e. The summed E-state index contributed by atoms with van der Waals surface area (Å²) in [7, 11) is -6.62. The molecule has 0 amide bonds. The molecule has 0 radical (unpaired) electrons. The van der Waals surface area contributed by atoms with Gasteiger partial charge in [0.15, 0.2) is 36.8 Å². The van der Waals surface area contributed by atoms with E-state index in [1.165, 1.54) is 0 Å². The number of unbranched alkanes of at least 4 members (excludes halogenated alkanes) is 3. The van der Waals surface area contributed by atoms with E-state index in [0.29, 0.717) is 23.7 Å². The minimum absolute atomic E-state index is 0.00500. The number of nitrogens with one attached hydrogen (secondary N) is 1. The minimum Gasteiger partial charge on any atom is -0.414 e. The molecule has 270 valence electrons. The van der Waals surface area contributed by atoms with E-state index in [0.717, 1.165) is 32.2 Å². The van der Waals surface area contributed by atoms with Crippen LogP contribution in [-0.2, 0) is 18.0 Å². The van der Waals surface area contributed by atoms with Crippen molar-refractivity contribution in [1.82, 2.24) is 19.5 Å². The van der Waals surface area contributed by atoms with Gasteiger partial charge in [-0.25, -0.2) is 9.97 Å². The van der Waals surface area contributed by atoms with Gasteiger partial charge in [0.05, 0.1) is 19.1 Å². The Morgan fingerprint density at radius 2 is 1.34 bits per heavy atom. The number of imidazole rings is 1. The van der Waals surface area contributed by atoms with E-state index in [9.17, 15) is 0 Å². The quantitative estimate of drug-likeness (QED) is 0.139. The van der Waals surface area contributed by atoms with E-state index >= 15 is 0 Å². The Hall–Kier alpha value is -1.20. The number of hydrogen-bond donors (Lipinski definition) is 2. The fraction of sp³-hybridized carbons (Fsp3) is 0.853. The molecule has 1 fully saturated rings. The second kappa shape index (κ2) is 15.0. The van der Waals surface area contributed by atoms with Crippen LogP contribution < -0.4 is 5.32 Å². The second-order valence-electron chi connectivity index (χ2n) is 17.9. The lowest BCUT2D eigenvalue weighted by molar-refractivity contribution is -0.0470. The molecule has 3 rings (SSSR count). The molecule has 0 saturated carbocycles. The molecule has 3 heterocycles. The minimum atomic E-state index is -2.29. The summed E-state index contributed by atoms with van der Waals surface area (Å²) in [4.78, 5) is 14.2. The van der Waals surface area contributed by atoms with Gasteiger partial charge in [0, 0.05) is 13.2 Å². The summed E-state index contributed by atoms with van der Waals surface area (Å²) in [6, 6.07) is 0. The maximum atomic E-state index is 9.07. The average Bonchev–Trinajstić information content (AvgIpc) is 3.48. The molecule has 2 aromatic rings. The number of aliphatic hydroxyl groups excluding tert-OH is 1. The molecule has 1 aliphatic rings. The molecule has 0 bridgehead atoms. The van der Waals surface area contributed by atoms with Gasteiger partial charge in [-0.1, -0.05) is 75.2 Å². The number of aromatic nitrogens is 4. The number of fused-ring (bicyclic) bond motifs is 1. The van der Waals surface area contributed by atoms with E-state index in [1.807, 2.05) is 10.9 Å². The number of anilines is 1. The van der Waals surface area contributed by atoms with Gasteiger partial charge in [-0.05, 0) is 67.2 Å². The molecule has 0 aromatic carbocycles. The molecule has 0 unspecified atom stereocenters. The van der Waals surface area contributed by atoms with Crippen molar-refractivity contribution in [2.24, 2.45) is 0 Å². The lowest BCUT2D eigenvalue weighted by atomic mass is 10.1. The molecule has 47 heavy (non-hydrogen) atoms. The summed E-state index contributed by atoms with van der Waals surface area (Å²) < 4.78 is 30.6. The fourth-order valence-electron chi connectivity index (χ4n) is 4.76. The Labute approximate surface area is 288 Å². The first kappa shape index (κ1) is 40.2. The Balaban J connectivity index is 2.07. The second-order valence-corrected chi connectivity index (χ2v) is 32.3. The maximum absolute atomic E-state index is 9.07. The van der Waals surface area contributed by atoms with Crippen LogP contribution >= 0.6 is 0 Å². The lowest BCUT2D eigenvalue weighted by Gasteiger charge is -2.44. The van der Waals surface area contributed by atoms with Crippen molar-refractivity contribution in [2.75, 3.05) is 25.1 Å². The van der Waals surface area contributed by atoms with Crippen molar-refractivity contribution in [1.29, 1.82) is 0 Å². The normalized spacial score (nSPS) is 22.0. The van der Waals surface area contributed by atoms with Gasteiger partial charge in [0.25, 0.3) is 0 Å². The summed E-state index contributed by atoms with van der Waals surface area (Å²) in [5.74, 6) is 0.563. The number of ether oxygens (including phenoxy) is 1. The first-order valence-electron chi connectivity index (χ1n) is 17.6. The standard InChI is InChI=1S/C34H67N5O5Si3/c1-32(2,3)45(10,11)41-23-26-27(43-46(12,13)33(4,5)6)28(44-47(14,15)34(7,8)9)30(42-26)39-24-37-25-22-36-31(38-29(25)39)35-20-18-16-17-19-21-40/h22,24,26-28,30,40H,16-21,23H2,1-15H3,(H,35,36,38)/t26-,27-,28-,30-/m1/s1. The van der Waals surface area contributed by atoms with Gasteiger partial charge in [-0.3, -0.25) is 4.57 Å². The summed E-state index contributed by atoms with van der Waals surface area (Å²) in [5, 5.41) is 12.5. The van der Waals surface area contributed by atoms with E-state index in [-0.39, 0.29) is 40.0 Å². The van der Waals surface area contributed by atoms with Crippen LogP contribution in [0.4, 0.5) is 5.95 Å². The first-order chi connectivity index (χ1) is 21.4. The van der Waals surface area contributed by atoms with Crippen LogP contribution in [0.15, 0.2) is 12.5 Å². The third-order valence-electron chi connectivity index (χ3n) is 11.1. The van der Waals surface area contributed by atoms with Crippen LogP contribution in [0.1, 0.15) is 94.2 Å². The first-order valence-corrected chi connectivity index (χ1v) is 26.3. The lowest BCUT2D eigenvalue weighted by Crippen LogP contribution is -2.54. The zero-order valence-electron chi connectivity index (χ0n) is 32.3. The predicted octanol–water partition coefficient (Wildman–Crippen LogP) is 8.49. The monoisotopic (exact) mass is 709 g/mol. The molecular weight excluding hydrogens is 643 g/mol. The summed E-state index contributed by atoms with van der Waals surface area (Å²) in [6.07, 6.45) is 5.93. The van der Waals surface area contributed by atoms with Gasteiger partial charge in [-0.2, -0.15) is 4.98 Å². The molecule has 1 saturated heterocycles. The third kappa shape index (κ3) is 9.74. The van der Waals surface area contributed by atoms with Crippen LogP contribution in [-0.4, -0.2) is 87.6 Å². The number of aliphatic hydroxyl groups is 1. The van der Waals surface area contributed by atoms with Gasteiger partial charge in [0.2, 0.25) is 5.95 Å². The van der Waals surface area contributed by atoms with Crippen LogP contribution in [0, 0.1) is 0 Å². The van der Waals surface area contributed by atoms with Crippen molar-refractivity contribution in [3.63, 3.8) is 0 Å². The smallest absolute Gasteiger partial charge is 0.224 e. The van der Waals surface area contributed by atoms with E-state index in [4.69, 9.17) is 33.1 Å². The van der Waals surface area contributed by atoms with E-state index in [1.54, 1.807) is 6.20 Å². The van der Waals surface area contributed by atoms with E-state index < -0.39 is 31.2 Å². The molecule has 2 aromatic heterocycles. The molecule has 4 atom stereocenters. The highest BCUT2D eigenvalue weighted by atomic mass is 28.4. The summed E-state index contributed by atoms with van der Waals surface area (Å²) in [6.45, 7) is 35.7. The summed E-state index contributed by atoms with van der Waals surface area (Å²) >= 11 is 0. The van der Waals surface area contributed by atoms with Gasteiger partial charge < -0.3 is 28.4 Å². The van der Waals surface area contributed by atoms with Crippen LogP contribution in [0.5, 0.6) is 0 Å². The zero-order chi connectivity index (χ0) is 35.6. The maximum Gasteiger partial charge on any atom is 0.224 e. The topological polar surface area (TPSA) is 113 Å². The molecule has 10 nitrogen and oxygen atoms in total. The highest BCUT2D eigenvalue weighted by molar-refractivity contribution is 6.75. The van der Waals surface area contributed by atoms with Gasteiger partial charge >= 0.3 is 0 Å². The molecular formula is C34H67N5O5Si3. The number of rotatable bonds is 15. The summed E-state index contributed by atoms with van der Waals surface area (Å²) in [5.41, 5.74) is 1.41. The highest BCUT2D eigenvalue weighted by Gasteiger charge is 2.55. The van der Waals surface area contributed by atoms with Crippen molar-refractivity contribution in [2.45, 2.75) is 167 Å². The van der Waals surface area contributed by atoms with E-state index in [2.05, 4.69) is 112 Å². The Morgan fingerprint density at radius 1 is 0.787 bits per heavy atom. The zero-order valence-corrected chi connectivity index (χ0v) is 35.3. The van der Waals surface area contributed by atoms with Crippen molar-refractivity contribution < 1.29 is 23.1 Å². The fourth-order valence-corrected chi connectivity index (χ4v) is 8.38. The van der Waals surface area contributed by atoms with Crippen molar-refractivity contribution in [3.05, 3.63) is 12.5 Å². The Bertz CT molecular complexity index is 1300. The highest BCUT2D eigenvalue weighted by Crippen LogP contribution is 2.47. The molecule has 1 aliphatic heterocycles. The van der Waals surface area contributed by atoms with Crippen LogP contribution in [0.2, 0.25) is 54.4 Å². The number of hydrogen-bond acceptors (Lipinski definition) is 9. The van der Waals surface area contributed by atoms with Crippen molar-refractivity contribution in [3.8, 4) is 0 Å². The molecule has 0 spiro atoms. The third-order valence-corrected chi connectivity index (χ3v) is 24.6. The predicted molar refractivity (Wildman–Crippen MR) is 201 cm³/mol. The number of nitrogens with zero attached hydrogens (tertiary/aromatic N) is 4. The van der Waals surface area contributed by atoms with Crippen LogP contribution in [0.3, 0.4) is 0 Å². The average molecular weight is 710 g/mol. The molecule has 0 aliphatic carbocycles. The molecule has 2 N–H and O–H groups in total. The molecule has 13 heteroatoms. The van der Waals surface area contributed by atoms with Crippen molar-refractivity contribution >= 4 is 42.1 Å². The van der Waals surface area contributed by atoms with Crippen LogP contribution in [0.25, 0.3) is 11.2 Å². The SMILES string of the molecule is CC(C)(C)[Si](C)(C)OC[C@H]1O[C@@H](n2cnc3cnc(NCCCCCCO)nc32)[C@H](O[Si](C)(C)C(C)(C)C)[C@@H]1O[Si](C)(C)C(C)(C)C.